The van der Waals surface area contributed by atoms with Gasteiger partial charge in [-0.25, -0.2) is 0 Å². The van der Waals surface area contributed by atoms with E-state index in [1.165, 1.54) is 16.8 Å². The zero-order chi connectivity index (χ0) is 13.2. The summed E-state index contributed by atoms with van der Waals surface area (Å²) in [7, 11) is 1.73. The fraction of sp³-hybridized carbons (Fsp3) is 0.214. The van der Waals surface area contributed by atoms with Gasteiger partial charge in [-0.2, -0.15) is 12.1 Å². The van der Waals surface area contributed by atoms with E-state index in [1.807, 2.05) is 6.07 Å². The third-order valence-corrected chi connectivity index (χ3v) is 2.63. The van der Waals surface area contributed by atoms with E-state index >= 15 is 0 Å². The van der Waals surface area contributed by atoms with Gasteiger partial charge in [-0.15, -0.1) is 11.9 Å². The number of carbonyl (C=O) groups excluding carboxylic acids is 1. The van der Waals surface area contributed by atoms with Crippen LogP contribution in [0, 0.1) is 6.20 Å². The standard InChI is InChI=1S/C13H14N.CH2O2P.W/c1-2-11-6-3-4-7-12(11)10-13-8-5-9-14-13;2-1-3-4;/h3-8,14H,2,10H2,1H3;4H2;/q2*-1;+2. The van der Waals surface area contributed by atoms with Crippen LogP contribution in [0.5, 0.6) is 0 Å². The number of H-pyrrole nitrogens is 1. The van der Waals surface area contributed by atoms with E-state index < -0.39 is 0 Å². The number of aromatic amines is 1. The molecule has 19 heavy (non-hydrogen) atoms. The van der Waals surface area contributed by atoms with Crippen LogP contribution in [0.15, 0.2) is 36.4 Å². The summed E-state index contributed by atoms with van der Waals surface area (Å²) in [6.45, 7) is 3.34. The van der Waals surface area contributed by atoms with Crippen LogP contribution < -0.4 is 0 Å². The molecule has 1 N–H and O–H groups in total. The summed E-state index contributed by atoms with van der Waals surface area (Å²) in [5.74, 6) is 0. The quantitative estimate of drug-likeness (QED) is 0.582. The van der Waals surface area contributed by atoms with Gasteiger partial charge in [0.2, 0.25) is 0 Å². The number of rotatable bonds is 4. The number of aryl methyl sites for hydroxylation is 1. The van der Waals surface area contributed by atoms with Crippen LogP contribution in [0.2, 0.25) is 0 Å². The van der Waals surface area contributed by atoms with E-state index in [0.717, 1.165) is 19.3 Å². The molecular formula is C14H16NO2PW. The van der Waals surface area contributed by atoms with Gasteiger partial charge in [0, 0.05) is 9.47 Å². The Morgan fingerprint density at radius 3 is 2.42 bits per heavy atom. The van der Waals surface area contributed by atoms with E-state index in [-0.39, 0.29) is 21.1 Å². The third-order valence-electron chi connectivity index (χ3n) is 2.53. The van der Waals surface area contributed by atoms with Crippen LogP contribution in [0.3, 0.4) is 0 Å². The second kappa shape index (κ2) is 11.0. The largest absolute Gasteiger partial charge is 2.00 e. The first-order valence-corrected chi connectivity index (χ1v) is 6.12. The van der Waals surface area contributed by atoms with Crippen molar-refractivity contribution in [2.24, 2.45) is 0 Å². The summed E-state index contributed by atoms with van der Waals surface area (Å²) in [6, 6.07) is 12.6. The average Bonchev–Trinajstić information content (AvgIpc) is 2.92. The van der Waals surface area contributed by atoms with Crippen LogP contribution in [0.4, 0.5) is 0 Å². The third kappa shape index (κ3) is 6.70. The van der Waals surface area contributed by atoms with Crippen LogP contribution in [0.1, 0.15) is 23.7 Å². The molecule has 1 heterocycles. The van der Waals surface area contributed by atoms with Crippen molar-refractivity contribution >= 4 is 15.9 Å². The number of benzene rings is 1. The zero-order valence-electron chi connectivity index (χ0n) is 10.7. The first-order valence-electron chi connectivity index (χ1n) is 5.65. The fourth-order valence-electron chi connectivity index (χ4n) is 1.70. The van der Waals surface area contributed by atoms with Crippen LogP contribution in [-0.4, -0.2) is 11.5 Å². The number of nitrogens with one attached hydrogen (secondary N) is 1. The van der Waals surface area contributed by atoms with Crippen molar-refractivity contribution in [3.05, 3.63) is 59.4 Å². The van der Waals surface area contributed by atoms with Gasteiger partial charge in [0.1, 0.15) is 0 Å². The number of aromatic nitrogens is 1. The van der Waals surface area contributed by atoms with Crippen LogP contribution in [-0.2, 0) is 43.2 Å². The molecule has 3 nitrogen and oxygen atoms in total. The van der Waals surface area contributed by atoms with Gasteiger partial charge in [0.05, 0.1) is 0 Å². The van der Waals surface area contributed by atoms with Crippen LogP contribution >= 0.6 is 9.47 Å². The maximum Gasteiger partial charge on any atom is 2.00 e. The molecule has 2 aromatic rings. The first kappa shape index (κ1) is 18.1. The van der Waals surface area contributed by atoms with Gasteiger partial charge < -0.3 is 14.3 Å². The fourth-order valence-corrected chi connectivity index (χ4v) is 1.70. The smallest absolute Gasteiger partial charge is 0.640 e. The summed E-state index contributed by atoms with van der Waals surface area (Å²) >= 11 is 0. The maximum absolute atomic E-state index is 8.81. The van der Waals surface area contributed by atoms with Gasteiger partial charge in [0.25, 0.3) is 0 Å². The average molecular weight is 445 g/mol. The van der Waals surface area contributed by atoms with Gasteiger partial charge in [-0.3, -0.25) is 0 Å². The molecule has 0 amide bonds. The molecule has 1 atom stereocenters. The summed E-state index contributed by atoms with van der Waals surface area (Å²) in [5, 5.41) is 0. The minimum Gasteiger partial charge on any atom is -0.640 e. The zero-order valence-corrected chi connectivity index (χ0v) is 14.8. The van der Waals surface area contributed by atoms with Gasteiger partial charge >= 0.3 is 21.1 Å². The monoisotopic (exact) mass is 445 g/mol. The molecule has 1 aromatic heterocycles. The Bertz CT molecular complexity index is 460. The van der Waals surface area contributed by atoms with Gasteiger partial charge in [-0.05, 0) is 18.4 Å². The van der Waals surface area contributed by atoms with Crippen molar-refractivity contribution in [2.75, 3.05) is 0 Å². The van der Waals surface area contributed by atoms with Crippen LogP contribution in [0.25, 0.3) is 0 Å². The van der Waals surface area contributed by atoms with Gasteiger partial charge in [0.15, 0.2) is 0 Å². The Kier molecular flexibility index (Phi) is 10.4. The molecule has 0 saturated carbocycles. The SMILES string of the molecule is CCc1ccccc1Cc1cc[c-][nH]1.O=[C-]OP.[W+2]. The molecule has 0 spiro atoms. The molecule has 0 saturated heterocycles. The number of hydrogen-bond acceptors (Lipinski definition) is 2. The van der Waals surface area contributed by atoms with Crippen molar-refractivity contribution in [1.82, 2.24) is 4.98 Å². The Balaban J connectivity index is 0.000000576. The second-order valence-corrected chi connectivity index (χ2v) is 3.86. The molecule has 0 fully saturated rings. The Morgan fingerprint density at radius 2 is 1.95 bits per heavy atom. The normalized spacial score (nSPS) is 8.74. The topological polar surface area (TPSA) is 42.1 Å². The van der Waals surface area contributed by atoms with Crippen molar-refractivity contribution in [3.8, 4) is 0 Å². The van der Waals surface area contributed by atoms with Crippen molar-refractivity contribution in [2.45, 2.75) is 19.8 Å². The molecule has 0 aliphatic rings. The van der Waals surface area contributed by atoms with E-state index in [1.54, 1.807) is 9.47 Å². The number of hydrogen-bond donors (Lipinski definition) is 1. The van der Waals surface area contributed by atoms with E-state index in [4.69, 9.17) is 4.79 Å². The predicted octanol–water partition coefficient (Wildman–Crippen LogP) is 2.83. The Hall–Kier alpha value is -0.912. The van der Waals surface area contributed by atoms with Gasteiger partial charge in [-0.1, -0.05) is 43.2 Å². The molecule has 100 valence electrons. The van der Waals surface area contributed by atoms with E-state index in [2.05, 4.69) is 53.0 Å². The molecule has 1 unspecified atom stereocenters. The minimum atomic E-state index is 0. The first-order chi connectivity index (χ1) is 8.81. The summed E-state index contributed by atoms with van der Waals surface area (Å²) in [5.41, 5.74) is 4.07. The van der Waals surface area contributed by atoms with Crippen molar-refractivity contribution < 1.29 is 30.4 Å². The molecule has 0 radical (unpaired) electrons. The predicted molar refractivity (Wildman–Crippen MR) is 74.7 cm³/mol. The maximum atomic E-state index is 8.81. The molecule has 0 bridgehead atoms. The molecule has 2 rings (SSSR count). The Morgan fingerprint density at radius 1 is 1.32 bits per heavy atom. The minimum absolute atomic E-state index is 0. The summed E-state index contributed by atoms with van der Waals surface area (Å²) in [4.78, 5) is 11.9. The Labute approximate surface area is 130 Å². The summed E-state index contributed by atoms with van der Waals surface area (Å²) < 4.78 is 3.65. The van der Waals surface area contributed by atoms with Crippen molar-refractivity contribution in [1.29, 1.82) is 0 Å². The van der Waals surface area contributed by atoms with E-state index in [0.29, 0.717) is 0 Å². The molecule has 0 aliphatic heterocycles. The van der Waals surface area contributed by atoms with E-state index in [9.17, 15) is 0 Å². The van der Waals surface area contributed by atoms with Crippen molar-refractivity contribution in [3.63, 3.8) is 0 Å². The second-order valence-electron chi connectivity index (χ2n) is 3.63. The molecule has 5 heteroatoms. The molecular weight excluding hydrogens is 429 g/mol. The summed E-state index contributed by atoms with van der Waals surface area (Å²) in [6.07, 6.45) is 5.04. The molecule has 1 aromatic carbocycles. The molecule has 0 aliphatic carbocycles.